The number of esters is 1. The summed E-state index contributed by atoms with van der Waals surface area (Å²) in [5, 5.41) is 3.06. The van der Waals surface area contributed by atoms with Gasteiger partial charge in [-0.15, -0.1) is 22.7 Å². The molecule has 0 spiro atoms. The molecule has 0 atom stereocenters. The number of carbonyl (C=O) groups excluding carboxylic acids is 2. The molecule has 1 N–H and O–H groups in total. The summed E-state index contributed by atoms with van der Waals surface area (Å²) in [4.78, 5) is 29.9. The number of hydrogen-bond donors (Lipinski definition) is 1. The van der Waals surface area contributed by atoms with Crippen LogP contribution in [0.3, 0.4) is 0 Å². The molecule has 0 radical (unpaired) electrons. The van der Waals surface area contributed by atoms with Crippen molar-refractivity contribution in [3.05, 3.63) is 32.1 Å². The molecular formula is C15H16N2O5S3. The highest BCUT2D eigenvalue weighted by atomic mass is 32.2. The number of anilines is 1. The molecule has 2 aromatic rings. The van der Waals surface area contributed by atoms with Gasteiger partial charge in [0.1, 0.15) is 9.88 Å². The molecule has 0 aliphatic carbocycles. The second-order valence-corrected chi connectivity index (χ2v) is 9.64. The third kappa shape index (κ3) is 3.60. The molecule has 0 bridgehead atoms. The van der Waals surface area contributed by atoms with Gasteiger partial charge in [0.15, 0.2) is 9.84 Å². The summed E-state index contributed by atoms with van der Waals surface area (Å²) in [5.41, 5.74) is 3.11. The zero-order valence-electron chi connectivity index (χ0n) is 13.6. The van der Waals surface area contributed by atoms with Gasteiger partial charge in [-0.3, -0.25) is 4.79 Å². The van der Waals surface area contributed by atoms with Crippen LogP contribution in [0.4, 0.5) is 5.00 Å². The Balaban J connectivity index is 2.00. The van der Waals surface area contributed by atoms with Gasteiger partial charge in [-0.25, -0.2) is 18.2 Å². The molecule has 2 aromatic heterocycles. The lowest BCUT2D eigenvalue weighted by molar-refractivity contribution is 0.0527. The summed E-state index contributed by atoms with van der Waals surface area (Å²) < 4.78 is 28.9. The maximum Gasteiger partial charge on any atom is 0.341 e. The molecule has 3 rings (SSSR count). The lowest BCUT2D eigenvalue weighted by atomic mass is 10.1. The van der Waals surface area contributed by atoms with Crippen LogP contribution in [0.5, 0.6) is 0 Å². The standard InChI is InChI=1S/C15H16N2O5S3/c1-3-22-15(19)11-9-4-5-25(20,21)6-10(9)24-14(11)17-13(18)12-8(2)16-7-23-12/h7H,3-6H2,1-2H3,(H,17,18). The second-order valence-electron chi connectivity index (χ2n) is 5.49. The van der Waals surface area contributed by atoms with Crippen LogP contribution in [0.15, 0.2) is 5.51 Å². The summed E-state index contributed by atoms with van der Waals surface area (Å²) in [7, 11) is -3.18. The normalized spacial score (nSPS) is 15.4. The Morgan fingerprint density at radius 1 is 1.40 bits per heavy atom. The fourth-order valence-corrected chi connectivity index (χ4v) is 6.34. The Labute approximate surface area is 153 Å². The number of sulfone groups is 1. The first kappa shape index (κ1) is 18.0. The fraction of sp³-hybridized carbons (Fsp3) is 0.400. The Kier molecular flexibility index (Phi) is 4.94. The van der Waals surface area contributed by atoms with Gasteiger partial charge in [0, 0.05) is 4.88 Å². The van der Waals surface area contributed by atoms with Gasteiger partial charge >= 0.3 is 5.97 Å². The van der Waals surface area contributed by atoms with Crippen molar-refractivity contribution >= 4 is 49.4 Å². The SMILES string of the molecule is CCOC(=O)c1c(NC(=O)c2scnc2C)sc2c1CCS(=O)(=O)C2. The molecule has 1 aliphatic heterocycles. The van der Waals surface area contributed by atoms with E-state index in [2.05, 4.69) is 10.3 Å². The Hall–Kier alpha value is -1.78. The molecular weight excluding hydrogens is 384 g/mol. The molecule has 25 heavy (non-hydrogen) atoms. The number of carbonyl (C=O) groups is 2. The van der Waals surface area contributed by atoms with Crippen molar-refractivity contribution in [1.82, 2.24) is 4.98 Å². The number of thiophene rings is 1. The van der Waals surface area contributed by atoms with E-state index in [1.54, 1.807) is 19.4 Å². The van der Waals surface area contributed by atoms with E-state index in [4.69, 9.17) is 4.74 Å². The van der Waals surface area contributed by atoms with Crippen molar-refractivity contribution in [3.63, 3.8) is 0 Å². The highest BCUT2D eigenvalue weighted by molar-refractivity contribution is 7.90. The topological polar surface area (TPSA) is 102 Å². The lowest BCUT2D eigenvalue weighted by Gasteiger charge is -2.13. The summed E-state index contributed by atoms with van der Waals surface area (Å²) in [6.45, 7) is 3.62. The smallest absolute Gasteiger partial charge is 0.341 e. The van der Waals surface area contributed by atoms with E-state index < -0.39 is 15.8 Å². The first-order chi connectivity index (χ1) is 11.8. The van der Waals surface area contributed by atoms with Crippen LogP contribution in [0.25, 0.3) is 0 Å². The maximum absolute atomic E-state index is 12.5. The number of amides is 1. The number of fused-ring (bicyclic) bond motifs is 1. The van der Waals surface area contributed by atoms with Crippen LogP contribution in [0, 0.1) is 6.92 Å². The molecule has 0 unspecified atom stereocenters. The van der Waals surface area contributed by atoms with Gasteiger partial charge < -0.3 is 10.1 Å². The number of aryl methyl sites for hydroxylation is 1. The van der Waals surface area contributed by atoms with Gasteiger partial charge in [-0.1, -0.05) is 0 Å². The summed E-state index contributed by atoms with van der Waals surface area (Å²) in [6.07, 6.45) is 0.248. The zero-order chi connectivity index (χ0) is 18.2. The van der Waals surface area contributed by atoms with Gasteiger partial charge in [0.2, 0.25) is 0 Å². The predicted molar refractivity (Wildman–Crippen MR) is 96.3 cm³/mol. The minimum Gasteiger partial charge on any atom is -0.462 e. The monoisotopic (exact) mass is 400 g/mol. The minimum atomic E-state index is -3.18. The quantitative estimate of drug-likeness (QED) is 0.791. The Bertz CT molecular complexity index is 943. The molecule has 3 heterocycles. The molecule has 0 fully saturated rings. The average Bonchev–Trinajstić information content (AvgIpc) is 3.09. The lowest BCUT2D eigenvalue weighted by Crippen LogP contribution is -2.20. The third-order valence-electron chi connectivity index (χ3n) is 3.76. The van der Waals surface area contributed by atoms with Gasteiger partial charge in [0.05, 0.1) is 34.9 Å². The number of rotatable bonds is 4. The minimum absolute atomic E-state index is 0.00945. The van der Waals surface area contributed by atoms with E-state index in [9.17, 15) is 18.0 Å². The predicted octanol–water partition coefficient (Wildman–Crippen LogP) is 2.41. The van der Waals surface area contributed by atoms with Crippen LogP contribution < -0.4 is 5.32 Å². The first-order valence-corrected chi connectivity index (χ1v) is 11.1. The highest BCUT2D eigenvalue weighted by Gasteiger charge is 2.32. The second kappa shape index (κ2) is 6.85. The molecule has 134 valence electrons. The molecule has 0 saturated carbocycles. The van der Waals surface area contributed by atoms with Crippen LogP contribution in [0.1, 0.15) is 43.1 Å². The van der Waals surface area contributed by atoms with E-state index >= 15 is 0 Å². The maximum atomic E-state index is 12.5. The molecule has 1 amide bonds. The molecule has 0 aromatic carbocycles. The zero-order valence-corrected chi connectivity index (χ0v) is 16.1. The Morgan fingerprint density at radius 2 is 2.16 bits per heavy atom. The van der Waals surface area contributed by atoms with Gasteiger partial charge in [0.25, 0.3) is 5.91 Å². The van der Waals surface area contributed by atoms with Crippen molar-refractivity contribution in [2.75, 3.05) is 17.7 Å². The summed E-state index contributed by atoms with van der Waals surface area (Å²) in [5.74, 6) is -1.04. The van der Waals surface area contributed by atoms with Crippen molar-refractivity contribution in [1.29, 1.82) is 0 Å². The first-order valence-electron chi connectivity index (χ1n) is 7.56. The number of thiazole rings is 1. The Morgan fingerprint density at radius 3 is 2.80 bits per heavy atom. The van der Waals surface area contributed by atoms with Crippen LogP contribution in [-0.4, -0.2) is 37.6 Å². The van der Waals surface area contributed by atoms with Crippen LogP contribution >= 0.6 is 22.7 Å². The van der Waals surface area contributed by atoms with E-state index in [1.165, 1.54) is 11.3 Å². The average molecular weight is 401 g/mol. The molecule has 0 saturated heterocycles. The number of hydrogen-bond acceptors (Lipinski definition) is 8. The molecule has 7 nitrogen and oxygen atoms in total. The van der Waals surface area contributed by atoms with Crippen LogP contribution in [-0.2, 0) is 26.7 Å². The number of aromatic nitrogens is 1. The van der Waals surface area contributed by atoms with Gasteiger partial charge in [-0.2, -0.15) is 0 Å². The van der Waals surface area contributed by atoms with Crippen molar-refractivity contribution in [2.24, 2.45) is 0 Å². The summed E-state index contributed by atoms with van der Waals surface area (Å²) >= 11 is 2.33. The molecule has 10 heteroatoms. The van der Waals surface area contributed by atoms with Crippen molar-refractivity contribution < 1.29 is 22.7 Å². The summed E-state index contributed by atoms with van der Waals surface area (Å²) in [6, 6.07) is 0. The van der Waals surface area contributed by atoms with Crippen molar-refractivity contribution in [2.45, 2.75) is 26.0 Å². The van der Waals surface area contributed by atoms with E-state index in [0.717, 1.165) is 11.3 Å². The van der Waals surface area contributed by atoms with E-state index in [-0.39, 0.29) is 36.0 Å². The third-order valence-corrected chi connectivity index (χ3v) is 7.58. The van der Waals surface area contributed by atoms with E-state index in [0.29, 0.717) is 26.0 Å². The van der Waals surface area contributed by atoms with Crippen LogP contribution in [0.2, 0.25) is 0 Å². The number of nitrogens with zero attached hydrogens (tertiary/aromatic N) is 1. The molecule has 1 aliphatic rings. The van der Waals surface area contributed by atoms with Gasteiger partial charge in [-0.05, 0) is 25.8 Å². The fourth-order valence-electron chi connectivity index (χ4n) is 2.61. The number of ether oxygens (including phenoxy) is 1. The number of nitrogens with one attached hydrogen (secondary N) is 1. The highest BCUT2D eigenvalue weighted by Crippen LogP contribution is 2.38. The van der Waals surface area contributed by atoms with E-state index in [1.807, 2.05) is 0 Å². The van der Waals surface area contributed by atoms with Crippen molar-refractivity contribution in [3.8, 4) is 0 Å². The largest absolute Gasteiger partial charge is 0.462 e.